The first kappa shape index (κ1) is 12.0. The standard InChI is InChI=1S/C18H12.ClH/c1-2-8-14-13(7-1)15-9-3-4-11-17(15)18-12-6-5-10-16(14)18;/h1-12H;1H. The zero-order valence-electron chi connectivity index (χ0n) is 10.3. The highest BCUT2D eigenvalue weighted by atomic mass is 35.5. The summed E-state index contributed by atoms with van der Waals surface area (Å²) in [7, 11) is 0. The van der Waals surface area contributed by atoms with Gasteiger partial charge in [-0.15, -0.1) is 12.4 Å². The molecule has 0 aliphatic heterocycles. The fourth-order valence-corrected chi connectivity index (χ4v) is 2.86. The number of halogens is 1. The normalized spacial score (nSPS) is 10.7. The lowest BCUT2D eigenvalue weighted by atomic mass is 9.95. The smallest absolute Gasteiger partial charge is 0.00990 e. The summed E-state index contributed by atoms with van der Waals surface area (Å²) in [5, 5.41) is 8.04. The van der Waals surface area contributed by atoms with Crippen molar-refractivity contribution in [3.63, 3.8) is 0 Å². The van der Waals surface area contributed by atoms with E-state index in [9.17, 15) is 0 Å². The largest absolute Gasteiger partial charge is 0.147 e. The Hall–Kier alpha value is -2.05. The molecular weight excluding hydrogens is 252 g/mol. The van der Waals surface area contributed by atoms with Crippen LogP contribution in [0.15, 0.2) is 72.8 Å². The summed E-state index contributed by atoms with van der Waals surface area (Å²) in [6.45, 7) is 0. The number of benzene rings is 4. The predicted molar refractivity (Wildman–Crippen MR) is 86.2 cm³/mol. The molecular formula is C18H13Cl. The minimum Gasteiger partial charge on any atom is -0.147 e. The highest BCUT2D eigenvalue weighted by Gasteiger charge is 2.06. The topological polar surface area (TPSA) is 0 Å². The molecule has 0 fully saturated rings. The molecule has 0 bridgehead atoms. The van der Waals surface area contributed by atoms with Crippen molar-refractivity contribution in [1.82, 2.24) is 0 Å². The molecule has 1 heteroatoms. The molecule has 0 unspecified atom stereocenters. The Morgan fingerprint density at radius 1 is 0.316 bits per heavy atom. The van der Waals surface area contributed by atoms with Gasteiger partial charge in [0.25, 0.3) is 0 Å². The number of fused-ring (bicyclic) bond motifs is 6. The minimum absolute atomic E-state index is 0. The molecule has 0 spiro atoms. The molecule has 92 valence electrons. The van der Waals surface area contributed by atoms with Crippen molar-refractivity contribution in [1.29, 1.82) is 0 Å². The maximum absolute atomic E-state index is 2.21. The third-order valence-electron chi connectivity index (χ3n) is 3.65. The Morgan fingerprint density at radius 2 is 0.474 bits per heavy atom. The first-order chi connectivity index (χ1) is 8.95. The lowest BCUT2D eigenvalue weighted by Crippen LogP contribution is -1.81. The fourth-order valence-electron chi connectivity index (χ4n) is 2.86. The van der Waals surface area contributed by atoms with Crippen LogP contribution in [-0.4, -0.2) is 0 Å². The average molecular weight is 265 g/mol. The van der Waals surface area contributed by atoms with Gasteiger partial charge < -0.3 is 0 Å². The van der Waals surface area contributed by atoms with Gasteiger partial charge in [-0.05, 0) is 32.3 Å². The van der Waals surface area contributed by atoms with E-state index in [1.807, 2.05) is 0 Å². The van der Waals surface area contributed by atoms with Crippen molar-refractivity contribution in [2.45, 2.75) is 0 Å². The van der Waals surface area contributed by atoms with Gasteiger partial charge in [0.2, 0.25) is 0 Å². The number of rotatable bonds is 0. The lowest BCUT2D eigenvalue weighted by molar-refractivity contribution is 1.77. The molecule has 4 aromatic rings. The quantitative estimate of drug-likeness (QED) is 0.364. The summed E-state index contributed by atoms with van der Waals surface area (Å²) in [4.78, 5) is 0. The monoisotopic (exact) mass is 264 g/mol. The molecule has 4 aromatic carbocycles. The molecule has 0 saturated carbocycles. The van der Waals surface area contributed by atoms with E-state index in [1.54, 1.807) is 0 Å². The van der Waals surface area contributed by atoms with E-state index in [0.29, 0.717) is 0 Å². The molecule has 0 aliphatic rings. The van der Waals surface area contributed by atoms with Crippen LogP contribution in [0.1, 0.15) is 0 Å². The second kappa shape index (κ2) is 4.56. The Labute approximate surface area is 118 Å². The second-order valence-corrected chi connectivity index (χ2v) is 4.64. The van der Waals surface area contributed by atoms with E-state index in [4.69, 9.17) is 0 Å². The van der Waals surface area contributed by atoms with Gasteiger partial charge >= 0.3 is 0 Å². The molecule has 0 amide bonds. The van der Waals surface area contributed by atoms with Gasteiger partial charge in [0, 0.05) is 0 Å². The molecule has 0 N–H and O–H groups in total. The predicted octanol–water partition coefficient (Wildman–Crippen LogP) is 5.57. The summed E-state index contributed by atoms with van der Waals surface area (Å²) < 4.78 is 0. The lowest BCUT2D eigenvalue weighted by Gasteiger charge is -2.09. The molecule has 0 atom stereocenters. The summed E-state index contributed by atoms with van der Waals surface area (Å²) >= 11 is 0. The zero-order chi connectivity index (χ0) is 11.9. The van der Waals surface area contributed by atoms with Crippen molar-refractivity contribution in [2.24, 2.45) is 0 Å². The average Bonchev–Trinajstić information content (AvgIpc) is 2.48. The van der Waals surface area contributed by atoms with Crippen LogP contribution >= 0.6 is 12.4 Å². The summed E-state index contributed by atoms with van der Waals surface area (Å²) in [6, 6.07) is 26.0. The van der Waals surface area contributed by atoms with Crippen LogP contribution in [0, 0.1) is 0 Å². The van der Waals surface area contributed by atoms with Gasteiger partial charge in [-0.25, -0.2) is 0 Å². The van der Waals surface area contributed by atoms with Gasteiger partial charge in [0.05, 0.1) is 0 Å². The van der Waals surface area contributed by atoms with Gasteiger partial charge in [-0.2, -0.15) is 0 Å². The van der Waals surface area contributed by atoms with Crippen LogP contribution in [0.5, 0.6) is 0 Å². The SMILES string of the molecule is Cl.c1ccc2c(c1)c1ccccc1c1ccccc21. The number of hydrogen-bond acceptors (Lipinski definition) is 0. The molecule has 4 rings (SSSR count). The van der Waals surface area contributed by atoms with Crippen molar-refractivity contribution in [3.05, 3.63) is 72.8 Å². The second-order valence-electron chi connectivity index (χ2n) is 4.64. The third-order valence-corrected chi connectivity index (χ3v) is 3.65. The Bertz CT molecular complexity index is 657. The Morgan fingerprint density at radius 3 is 0.632 bits per heavy atom. The third kappa shape index (κ3) is 1.68. The van der Waals surface area contributed by atoms with Crippen LogP contribution < -0.4 is 0 Å². The van der Waals surface area contributed by atoms with Gasteiger partial charge in [0.15, 0.2) is 0 Å². The van der Waals surface area contributed by atoms with E-state index in [2.05, 4.69) is 72.8 Å². The Balaban J connectivity index is 0.00000110. The van der Waals surface area contributed by atoms with Crippen molar-refractivity contribution in [2.75, 3.05) is 0 Å². The first-order valence-corrected chi connectivity index (χ1v) is 6.23. The van der Waals surface area contributed by atoms with Crippen LogP contribution in [0.2, 0.25) is 0 Å². The maximum atomic E-state index is 2.21. The van der Waals surface area contributed by atoms with Gasteiger partial charge in [-0.3, -0.25) is 0 Å². The van der Waals surface area contributed by atoms with Crippen LogP contribution in [-0.2, 0) is 0 Å². The molecule has 19 heavy (non-hydrogen) atoms. The Kier molecular flexibility index (Phi) is 2.88. The van der Waals surface area contributed by atoms with Crippen molar-refractivity contribution >= 4 is 44.7 Å². The van der Waals surface area contributed by atoms with Crippen LogP contribution in [0.25, 0.3) is 32.3 Å². The number of hydrogen-bond donors (Lipinski definition) is 0. The molecule has 0 nitrogen and oxygen atoms in total. The van der Waals surface area contributed by atoms with E-state index < -0.39 is 0 Å². The maximum Gasteiger partial charge on any atom is -0.00990 e. The van der Waals surface area contributed by atoms with Gasteiger partial charge in [-0.1, -0.05) is 72.8 Å². The molecule has 0 saturated heterocycles. The van der Waals surface area contributed by atoms with E-state index >= 15 is 0 Å². The molecule has 0 heterocycles. The van der Waals surface area contributed by atoms with Crippen LogP contribution in [0.3, 0.4) is 0 Å². The molecule has 0 aromatic heterocycles. The zero-order valence-corrected chi connectivity index (χ0v) is 11.2. The minimum atomic E-state index is 0. The fraction of sp³-hybridized carbons (Fsp3) is 0. The van der Waals surface area contributed by atoms with Crippen molar-refractivity contribution < 1.29 is 0 Å². The molecule has 0 radical (unpaired) electrons. The van der Waals surface area contributed by atoms with E-state index in [-0.39, 0.29) is 12.4 Å². The van der Waals surface area contributed by atoms with Gasteiger partial charge in [0.1, 0.15) is 0 Å². The first-order valence-electron chi connectivity index (χ1n) is 6.23. The summed E-state index contributed by atoms with van der Waals surface area (Å²) in [5.74, 6) is 0. The van der Waals surface area contributed by atoms with Crippen LogP contribution in [0.4, 0.5) is 0 Å². The van der Waals surface area contributed by atoms with Crippen molar-refractivity contribution in [3.8, 4) is 0 Å². The highest BCUT2D eigenvalue weighted by molar-refractivity contribution is 6.25. The summed E-state index contributed by atoms with van der Waals surface area (Å²) in [6.07, 6.45) is 0. The van der Waals surface area contributed by atoms with E-state index in [0.717, 1.165) is 0 Å². The highest BCUT2D eigenvalue weighted by Crippen LogP contribution is 2.34. The molecule has 0 aliphatic carbocycles. The summed E-state index contributed by atoms with van der Waals surface area (Å²) in [5.41, 5.74) is 0. The van der Waals surface area contributed by atoms with E-state index in [1.165, 1.54) is 32.3 Å².